The minimum absolute atomic E-state index is 0.0741. The Morgan fingerprint density at radius 2 is 1.96 bits per heavy atom. The van der Waals surface area contributed by atoms with Gasteiger partial charge in [0.1, 0.15) is 11.1 Å². The summed E-state index contributed by atoms with van der Waals surface area (Å²) in [4.78, 5) is 13.1. The van der Waals surface area contributed by atoms with Crippen molar-refractivity contribution in [3.63, 3.8) is 0 Å². The lowest BCUT2D eigenvalue weighted by Gasteiger charge is -2.32. The van der Waals surface area contributed by atoms with Crippen LogP contribution in [-0.4, -0.2) is 26.0 Å². The lowest BCUT2D eigenvalue weighted by atomic mass is 10.0. The highest BCUT2D eigenvalue weighted by atomic mass is 79.9. The Kier molecular flexibility index (Phi) is 4.92. The van der Waals surface area contributed by atoms with E-state index in [4.69, 9.17) is 0 Å². The third-order valence-electron chi connectivity index (χ3n) is 4.44. The number of aromatic nitrogens is 3. The second-order valence-electron chi connectivity index (χ2n) is 6.37. The predicted molar refractivity (Wildman–Crippen MR) is 110 cm³/mol. The Morgan fingerprint density at radius 3 is 2.70 bits per heavy atom. The van der Waals surface area contributed by atoms with E-state index in [1.807, 2.05) is 67.1 Å². The van der Waals surface area contributed by atoms with Crippen LogP contribution in [-0.2, 0) is 4.79 Å². The number of hydrogen-bond donors (Lipinski definition) is 2. The number of anilines is 1. The number of halogens is 1. The van der Waals surface area contributed by atoms with Crippen molar-refractivity contribution in [1.82, 2.24) is 14.9 Å². The number of amides is 1. The summed E-state index contributed by atoms with van der Waals surface area (Å²) in [6.45, 7) is 3.88. The average molecular weight is 444 g/mol. The highest BCUT2D eigenvalue weighted by Gasteiger charge is 2.37. The smallest absolute Gasteiger partial charge is 0.240 e. The van der Waals surface area contributed by atoms with E-state index in [2.05, 4.69) is 36.9 Å². The molecule has 1 amide bonds. The van der Waals surface area contributed by atoms with Gasteiger partial charge in [-0.3, -0.25) is 4.79 Å². The molecule has 138 valence electrons. The van der Waals surface area contributed by atoms with Gasteiger partial charge < -0.3 is 10.7 Å². The SMILES string of the molecule is Cc1cc(NC(=O)[C@H]2Sc3nnc(C)n3N[C@@H]2c2ccccc2)ccc1Br. The maximum atomic E-state index is 13.1. The Balaban J connectivity index is 1.65. The van der Waals surface area contributed by atoms with E-state index >= 15 is 0 Å². The van der Waals surface area contributed by atoms with Crippen LogP contribution in [0.4, 0.5) is 5.69 Å². The number of nitrogens with zero attached hydrogens (tertiary/aromatic N) is 3. The van der Waals surface area contributed by atoms with Gasteiger partial charge in [-0.25, -0.2) is 4.68 Å². The minimum atomic E-state index is -0.382. The van der Waals surface area contributed by atoms with E-state index in [1.165, 1.54) is 11.8 Å². The van der Waals surface area contributed by atoms with Crippen LogP contribution in [0.25, 0.3) is 0 Å². The normalized spacial score (nSPS) is 18.5. The van der Waals surface area contributed by atoms with Gasteiger partial charge in [0.2, 0.25) is 11.1 Å². The zero-order valence-corrected chi connectivity index (χ0v) is 17.2. The first kappa shape index (κ1) is 18.1. The topological polar surface area (TPSA) is 71.8 Å². The van der Waals surface area contributed by atoms with Gasteiger partial charge in [0.15, 0.2) is 0 Å². The molecule has 0 aliphatic carbocycles. The lowest BCUT2D eigenvalue weighted by Crippen LogP contribution is -2.41. The number of hydrogen-bond acceptors (Lipinski definition) is 5. The van der Waals surface area contributed by atoms with E-state index in [0.717, 1.165) is 27.1 Å². The standard InChI is InChI=1S/C19H18BrN5OS/c1-11-10-14(8-9-15(11)20)21-18(26)17-16(13-6-4-3-5-7-13)24-25-12(2)22-23-19(25)27-17/h3-10,16-17,24H,1-2H3,(H,21,26)/t16-,17+/m1/s1. The summed E-state index contributed by atoms with van der Waals surface area (Å²) >= 11 is 4.91. The second kappa shape index (κ2) is 7.36. The van der Waals surface area contributed by atoms with Crippen molar-refractivity contribution in [1.29, 1.82) is 0 Å². The van der Waals surface area contributed by atoms with Gasteiger partial charge in [0, 0.05) is 10.2 Å². The van der Waals surface area contributed by atoms with Crippen molar-refractivity contribution in [3.05, 3.63) is 70.0 Å². The monoisotopic (exact) mass is 443 g/mol. The van der Waals surface area contributed by atoms with Crippen LogP contribution in [0.5, 0.6) is 0 Å². The summed E-state index contributed by atoms with van der Waals surface area (Å²) in [5, 5.41) is 11.6. The van der Waals surface area contributed by atoms with Gasteiger partial charge in [0.25, 0.3) is 0 Å². The molecule has 2 N–H and O–H groups in total. The molecule has 0 saturated carbocycles. The molecule has 0 bridgehead atoms. The summed E-state index contributed by atoms with van der Waals surface area (Å²) in [5.41, 5.74) is 6.28. The summed E-state index contributed by atoms with van der Waals surface area (Å²) < 4.78 is 2.86. The maximum Gasteiger partial charge on any atom is 0.240 e. The van der Waals surface area contributed by atoms with E-state index in [-0.39, 0.29) is 17.2 Å². The average Bonchev–Trinajstić information content (AvgIpc) is 3.04. The first-order valence-electron chi connectivity index (χ1n) is 8.50. The molecule has 0 radical (unpaired) electrons. The van der Waals surface area contributed by atoms with Gasteiger partial charge in [-0.15, -0.1) is 10.2 Å². The number of rotatable bonds is 3. The number of thioether (sulfide) groups is 1. The fraction of sp³-hybridized carbons (Fsp3) is 0.211. The summed E-state index contributed by atoms with van der Waals surface area (Å²) in [6.07, 6.45) is 0. The van der Waals surface area contributed by atoms with Gasteiger partial charge >= 0.3 is 0 Å². The molecule has 27 heavy (non-hydrogen) atoms. The fourth-order valence-electron chi connectivity index (χ4n) is 3.01. The van der Waals surface area contributed by atoms with E-state index < -0.39 is 0 Å². The quantitative estimate of drug-likeness (QED) is 0.638. The molecule has 1 aliphatic rings. The highest BCUT2D eigenvalue weighted by Crippen LogP contribution is 2.37. The second-order valence-corrected chi connectivity index (χ2v) is 8.34. The molecule has 8 heteroatoms. The molecule has 2 aromatic carbocycles. The number of aryl methyl sites for hydroxylation is 2. The number of benzene rings is 2. The van der Waals surface area contributed by atoms with Crippen molar-refractivity contribution < 1.29 is 4.79 Å². The molecular formula is C19H18BrN5OS. The highest BCUT2D eigenvalue weighted by molar-refractivity contribution is 9.10. The molecule has 2 heterocycles. The number of nitrogens with one attached hydrogen (secondary N) is 2. The van der Waals surface area contributed by atoms with Crippen molar-refractivity contribution >= 4 is 39.3 Å². The molecule has 0 fully saturated rings. The van der Waals surface area contributed by atoms with E-state index in [9.17, 15) is 4.79 Å². The van der Waals surface area contributed by atoms with Gasteiger partial charge in [-0.1, -0.05) is 58.0 Å². The zero-order chi connectivity index (χ0) is 19.0. The summed E-state index contributed by atoms with van der Waals surface area (Å²) in [7, 11) is 0. The number of carbonyl (C=O) groups excluding carboxylic acids is 1. The molecule has 2 atom stereocenters. The molecule has 0 spiro atoms. The first-order chi connectivity index (χ1) is 13.0. The van der Waals surface area contributed by atoms with Crippen molar-refractivity contribution in [2.45, 2.75) is 30.3 Å². The van der Waals surface area contributed by atoms with Crippen molar-refractivity contribution in [2.24, 2.45) is 0 Å². The van der Waals surface area contributed by atoms with Gasteiger partial charge in [-0.2, -0.15) is 0 Å². The predicted octanol–water partition coefficient (Wildman–Crippen LogP) is 4.06. The third kappa shape index (κ3) is 3.59. The molecule has 3 aromatic rings. The Labute approximate surface area is 169 Å². The molecule has 0 unspecified atom stereocenters. The van der Waals surface area contributed by atoms with Crippen LogP contribution >= 0.6 is 27.7 Å². The van der Waals surface area contributed by atoms with Crippen LogP contribution in [0, 0.1) is 13.8 Å². The van der Waals surface area contributed by atoms with Crippen LogP contribution in [0.2, 0.25) is 0 Å². The minimum Gasteiger partial charge on any atom is -0.325 e. The molecule has 4 rings (SSSR count). The molecule has 0 saturated heterocycles. The number of carbonyl (C=O) groups is 1. The van der Waals surface area contributed by atoms with Crippen LogP contribution in [0.15, 0.2) is 58.2 Å². The molecule has 1 aliphatic heterocycles. The fourth-order valence-corrected chi connectivity index (χ4v) is 4.38. The van der Waals surface area contributed by atoms with Crippen LogP contribution in [0.1, 0.15) is 23.0 Å². The third-order valence-corrected chi connectivity index (χ3v) is 6.55. The Bertz CT molecular complexity index is 991. The lowest BCUT2D eigenvalue weighted by molar-refractivity contribution is -0.116. The zero-order valence-electron chi connectivity index (χ0n) is 14.8. The molecule has 1 aromatic heterocycles. The Hall–Kier alpha value is -2.32. The maximum absolute atomic E-state index is 13.1. The summed E-state index contributed by atoms with van der Waals surface area (Å²) in [5.74, 6) is 0.691. The van der Waals surface area contributed by atoms with Crippen molar-refractivity contribution in [2.75, 3.05) is 10.7 Å². The van der Waals surface area contributed by atoms with E-state index in [1.54, 1.807) is 0 Å². The van der Waals surface area contributed by atoms with E-state index in [0.29, 0.717) is 5.16 Å². The first-order valence-corrected chi connectivity index (χ1v) is 10.2. The largest absolute Gasteiger partial charge is 0.325 e. The van der Waals surface area contributed by atoms with Crippen LogP contribution in [0.3, 0.4) is 0 Å². The van der Waals surface area contributed by atoms with Gasteiger partial charge in [-0.05, 0) is 43.2 Å². The van der Waals surface area contributed by atoms with Gasteiger partial charge in [0.05, 0.1) is 6.04 Å². The van der Waals surface area contributed by atoms with Crippen LogP contribution < -0.4 is 10.7 Å². The Morgan fingerprint density at radius 1 is 1.19 bits per heavy atom. The van der Waals surface area contributed by atoms with Crippen molar-refractivity contribution in [3.8, 4) is 0 Å². The molecular weight excluding hydrogens is 426 g/mol. The molecule has 6 nitrogen and oxygen atoms in total. The number of fused-ring (bicyclic) bond motifs is 1. The summed E-state index contributed by atoms with van der Waals surface area (Å²) in [6, 6.07) is 15.5.